The first-order valence-corrected chi connectivity index (χ1v) is 8.75. The Kier molecular flexibility index (Phi) is 4.27. The van der Waals surface area contributed by atoms with Crippen molar-refractivity contribution in [3.8, 4) is 11.5 Å². The van der Waals surface area contributed by atoms with Crippen molar-refractivity contribution in [3.63, 3.8) is 0 Å². The van der Waals surface area contributed by atoms with Crippen molar-refractivity contribution in [3.05, 3.63) is 53.0 Å². The van der Waals surface area contributed by atoms with Gasteiger partial charge >= 0.3 is 0 Å². The molecule has 2 aromatic rings. The van der Waals surface area contributed by atoms with Crippen LogP contribution in [0.3, 0.4) is 0 Å². The van der Waals surface area contributed by atoms with Gasteiger partial charge in [-0.2, -0.15) is 4.36 Å². The lowest BCUT2D eigenvalue weighted by molar-refractivity contribution is 0.482. The summed E-state index contributed by atoms with van der Waals surface area (Å²) in [5, 5.41) is 0. The molecule has 0 aliphatic heterocycles. The van der Waals surface area contributed by atoms with Gasteiger partial charge in [-0.1, -0.05) is 15.9 Å². The number of halogens is 1. The minimum absolute atomic E-state index is 0.693. The number of hydrogen-bond acceptors (Lipinski definition) is 3. The van der Waals surface area contributed by atoms with Crippen LogP contribution in [0.25, 0.3) is 0 Å². The van der Waals surface area contributed by atoms with Gasteiger partial charge in [-0.25, -0.2) is 4.21 Å². The molecule has 0 saturated carbocycles. The summed E-state index contributed by atoms with van der Waals surface area (Å²) in [7, 11) is -2.12. The second-order valence-corrected chi connectivity index (χ2v) is 7.78. The van der Waals surface area contributed by atoms with Crippen LogP contribution in [-0.2, 0) is 9.73 Å². The van der Waals surface area contributed by atoms with Gasteiger partial charge in [0, 0.05) is 26.7 Å². The fraction of sp³-hybridized carbons (Fsp3) is 0.143. The molecular formula is C14H14BrNO2S. The van der Waals surface area contributed by atoms with Crippen molar-refractivity contribution in [1.82, 2.24) is 0 Å². The second-order valence-electron chi connectivity index (χ2n) is 4.32. The first-order valence-electron chi connectivity index (χ1n) is 5.63. The summed E-state index contributed by atoms with van der Waals surface area (Å²) < 4.78 is 22.4. The average molecular weight is 340 g/mol. The lowest BCUT2D eigenvalue weighted by Gasteiger charge is -2.06. The SMILES string of the molecule is CS(C)(=O)=Nc1ccc(Oc2ccc(Br)cc2)cc1. The quantitative estimate of drug-likeness (QED) is 0.819. The third kappa shape index (κ3) is 4.69. The molecule has 0 N–H and O–H groups in total. The van der Waals surface area contributed by atoms with E-state index in [4.69, 9.17) is 4.74 Å². The molecule has 0 aliphatic rings. The van der Waals surface area contributed by atoms with Crippen molar-refractivity contribution < 1.29 is 8.95 Å². The zero-order valence-electron chi connectivity index (χ0n) is 10.7. The van der Waals surface area contributed by atoms with Crippen molar-refractivity contribution in [1.29, 1.82) is 0 Å². The first-order chi connectivity index (χ1) is 8.92. The third-order valence-corrected chi connectivity index (χ3v) is 3.39. The Morgan fingerprint density at radius 1 is 0.947 bits per heavy atom. The molecule has 0 unspecified atom stereocenters. The van der Waals surface area contributed by atoms with Crippen molar-refractivity contribution in [2.75, 3.05) is 12.5 Å². The van der Waals surface area contributed by atoms with E-state index in [0.717, 1.165) is 16.0 Å². The van der Waals surface area contributed by atoms with Crippen LogP contribution >= 0.6 is 15.9 Å². The Labute approximate surface area is 121 Å². The van der Waals surface area contributed by atoms with Crippen LogP contribution in [-0.4, -0.2) is 16.7 Å². The van der Waals surface area contributed by atoms with Crippen LogP contribution in [0, 0.1) is 0 Å². The molecule has 0 atom stereocenters. The van der Waals surface area contributed by atoms with Crippen molar-refractivity contribution in [2.45, 2.75) is 0 Å². The Bertz CT molecular complexity index is 664. The molecule has 0 spiro atoms. The number of hydrogen-bond donors (Lipinski definition) is 0. The summed E-state index contributed by atoms with van der Waals surface area (Å²) in [6, 6.07) is 14.8. The van der Waals surface area contributed by atoms with E-state index in [1.165, 1.54) is 0 Å². The van der Waals surface area contributed by atoms with Gasteiger partial charge in [-0.15, -0.1) is 0 Å². The molecule has 0 saturated heterocycles. The van der Waals surface area contributed by atoms with Gasteiger partial charge < -0.3 is 4.74 Å². The third-order valence-electron chi connectivity index (χ3n) is 2.21. The monoisotopic (exact) mass is 339 g/mol. The maximum atomic E-state index is 11.6. The van der Waals surface area contributed by atoms with E-state index < -0.39 is 9.73 Å². The fourth-order valence-electron chi connectivity index (χ4n) is 1.47. The van der Waals surface area contributed by atoms with Gasteiger partial charge in [0.2, 0.25) is 0 Å². The standard InChI is InChI=1S/C14H14BrNO2S/c1-19(2,17)16-12-5-9-14(10-6-12)18-13-7-3-11(15)4-8-13/h3-10H,1-2H3. The second kappa shape index (κ2) is 5.75. The van der Waals surface area contributed by atoms with E-state index >= 15 is 0 Å². The van der Waals surface area contributed by atoms with Gasteiger partial charge in [-0.3, -0.25) is 0 Å². The largest absolute Gasteiger partial charge is 0.457 e. The molecule has 0 fully saturated rings. The molecule has 2 rings (SSSR count). The Balaban J connectivity index is 2.15. The highest BCUT2D eigenvalue weighted by Gasteiger charge is 1.99. The van der Waals surface area contributed by atoms with E-state index in [9.17, 15) is 4.21 Å². The van der Waals surface area contributed by atoms with E-state index in [-0.39, 0.29) is 0 Å². The predicted molar refractivity (Wildman–Crippen MR) is 82.7 cm³/mol. The van der Waals surface area contributed by atoms with E-state index in [1.807, 2.05) is 36.4 Å². The summed E-state index contributed by atoms with van der Waals surface area (Å²) in [5.74, 6) is 1.49. The molecule has 5 heteroatoms. The van der Waals surface area contributed by atoms with Crippen molar-refractivity contribution >= 4 is 31.3 Å². The zero-order chi connectivity index (χ0) is 13.9. The first kappa shape index (κ1) is 14.1. The maximum absolute atomic E-state index is 11.6. The van der Waals surface area contributed by atoms with Gasteiger partial charge in [0.25, 0.3) is 0 Å². The normalized spacial score (nSPS) is 11.1. The number of rotatable bonds is 3. The highest BCUT2D eigenvalue weighted by atomic mass is 79.9. The van der Waals surface area contributed by atoms with Gasteiger partial charge in [-0.05, 0) is 48.5 Å². The van der Waals surface area contributed by atoms with Gasteiger partial charge in [0.1, 0.15) is 11.5 Å². The topological polar surface area (TPSA) is 38.7 Å². The molecule has 3 nitrogen and oxygen atoms in total. The average Bonchev–Trinajstić information content (AvgIpc) is 2.33. The predicted octanol–water partition coefficient (Wildman–Crippen LogP) is 4.60. The zero-order valence-corrected chi connectivity index (χ0v) is 13.1. The van der Waals surface area contributed by atoms with Crippen LogP contribution in [0.5, 0.6) is 11.5 Å². The molecule has 19 heavy (non-hydrogen) atoms. The highest BCUT2D eigenvalue weighted by molar-refractivity contribution is 9.10. The van der Waals surface area contributed by atoms with Crippen LogP contribution in [0.2, 0.25) is 0 Å². The fourth-order valence-corrected chi connectivity index (χ4v) is 2.36. The Morgan fingerprint density at radius 2 is 1.42 bits per heavy atom. The molecule has 0 aliphatic carbocycles. The highest BCUT2D eigenvalue weighted by Crippen LogP contribution is 2.25. The minimum Gasteiger partial charge on any atom is -0.457 e. The Morgan fingerprint density at radius 3 is 1.89 bits per heavy atom. The van der Waals surface area contributed by atoms with Crippen LogP contribution in [0.1, 0.15) is 0 Å². The lowest BCUT2D eigenvalue weighted by Crippen LogP contribution is -1.89. The Hall–Kier alpha value is -1.33. The maximum Gasteiger partial charge on any atom is 0.127 e. The van der Waals surface area contributed by atoms with Crippen molar-refractivity contribution in [2.24, 2.45) is 4.36 Å². The van der Waals surface area contributed by atoms with Crippen LogP contribution in [0.4, 0.5) is 5.69 Å². The smallest absolute Gasteiger partial charge is 0.127 e. The van der Waals surface area contributed by atoms with E-state index in [0.29, 0.717) is 5.69 Å². The molecule has 0 amide bonds. The summed E-state index contributed by atoms with van der Waals surface area (Å²) in [5.41, 5.74) is 0.693. The summed E-state index contributed by atoms with van der Waals surface area (Å²) in [6.45, 7) is 0. The molecule has 0 bridgehead atoms. The molecule has 0 radical (unpaired) electrons. The number of ether oxygens (including phenoxy) is 1. The van der Waals surface area contributed by atoms with Crippen LogP contribution in [0.15, 0.2) is 57.4 Å². The number of nitrogens with zero attached hydrogens (tertiary/aromatic N) is 1. The molecule has 2 aromatic carbocycles. The lowest BCUT2D eigenvalue weighted by atomic mass is 10.3. The van der Waals surface area contributed by atoms with E-state index in [1.54, 1.807) is 24.6 Å². The molecule has 0 aromatic heterocycles. The number of benzene rings is 2. The van der Waals surface area contributed by atoms with Crippen LogP contribution < -0.4 is 4.74 Å². The van der Waals surface area contributed by atoms with Gasteiger partial charge in [0.15, 0.2) is 0 Å². The van der Waals surface area contributed by atoms with Gasteiger partial charge in [0.05, 0.1) is 5.69 Å². The summed E-state index contributed by atoms with van der Waals surface area (Å²) in [6.07, 6.45) is 3.22. The summed E-state index contributed by atoms with van der Waals surface area (Å²) >= 11 is 3.37. The summed E-state index contributed by atoms with van der Waals surface area (Å²) in [4.78, 5) is 0. The minimum atomic E-state index is -2.12. The molecule has 0 heterocycles. The molecular weight excluding hydrogens is 326 g/mol. The van der Waals surface area contributed by atoms with E-state index in [2.05, 4.69) is 20.3 Å². The molecule has 100 valence electrons.